The summed E-state index contributed by atoms with van der Waals surface area (Å²) in [6, 6.07) is 0. The number of esters is 1. The Hall–Kier alpha value is -2.54. The van der Waals surface area contributed by atoms with E-state index in [0.29, 0.717) is 0 Å². The van der Waals surface area contributed by atoms with Gasteiger partial charge < -0.3 is 4.74 Å². The first-order valence-corrected chi connectivity index (χ1v) is 4.48. The second-order valence-electron chi connectivity index (χ2n) is 3.01. The second-order valence-corrected chi connectivity index (χ2v) is 3.01. The molecule has 0 unspecified atom stereocenters. The van der Waals surface area contributed by atoms with Crippen LogP contribution in [0, 0.1) is 36.0 Å². The third-order valence-electron chi connectivity index (χ3n) is 1.30. The van der Waals surface area contributed by atoms with E-state index in [9.17, 15) is 4.79 Å². The van der Waals surface area contributed by atoms with Crippen LogP contribution < -0.4 is 0 Å². The zero-order valence-electron chi connectivity index (χ0n) is 10.2. The molecular weight excluding hydrogens is 218 g/mol. The van der Waals surface area contributed by atoms with E-state index in [1.54, 1.807) is 6.92 Å². The summed E-state index contributed by atoms with van der Waals surface area (Å²) < 4.78 is 4.36. The van der Waals surface area contributed by atoms with Gasteiger partial charge in [-0.05, 0) is 50.0 Å². The lowest BCUT2D eigenvalue weighted by molar-refractivity contribution is -0.145. The quantitative estimate of drug-likeness (QED) is 0.239. The zero-order valence-corrected chi connectivity index (χ0v) is 10.2. The lowest BCUT2D eigenvalue weighted by Crippen LogP contribution is -2.29. The van der Waals surface area contributed by atoms with E-state index in [-0.39, 0.29) is 0 Å². The highest BCUT2D eigenvalue weighted by molar-refractivity contribution is 5.79. The predicted octanol–water partition coefficient (Wildman–Crippen LogP) is 1.89. The van der Waals surface area contributed by atoms with Crippen LogP contribution in [0.4, 0.5) is 0 Å². The molecule has 0 aromatic rings. The van der Waals surface area contributed by atoms with Crippen LogP contribution in [0.2, 0.25) is 0 Å². The average molecular weight is 231 g/mol. The summed E-state index contributed by atoms with van der Waals surface area (Å²) in [5.41, 5.74) is 6.90. The van der Waals surface area contributed by atoms with Crippen molar-refractivity contribution in [1.82, 2.24) is 0 Å². The Morgan fingerprint density at radius 1 is 1.41 bits per heavy atom. The van der Waals surface area contributed by atoms with Crippen molar-refractivity contribution in [3.05, 3.63) is 10.4 Å². The third kappa shape index (κ3) is 9.76. The van der Waals surface area contributed by atoms with Crippen molar-refractivity contribution in [2.24, 2.45) is 5.11 Å². The molecule has 0 N–H and O–H groups in total. The Labute approximate surface area is 101 Å². The molecule has 0 aliphatic heterocycles. The van der Waals surface area contributed by atoms with Crippen molar-refractivity contribution < 1.29 is 9.53 Å². The fraction of sp³-hybridized carbons (Fsp3) is 0.417. The van der Waals surface area contributed by atoms with Gasteiger partial charge in [-0.2, -0.15) is 0 Å². The van der Waals surface area contributed by atoms with Crippen LogP contribution in [0.15, 0.2) is 5.11 Å². The van der Waals surface area contributed by atoms with Gasteiger partial charge in [0.05, 0.1) is 7.11 Å². The average Bonchev–Trinajstić information content (AvgIpc) is 2.29. The van der Waals surface area contributed by atoms with Crippen molar-refractivity contribution in [2.45, 2.75) is 26.3 Å². The van der Waals surface area contributed by atoms with Gasteiger partial charge in [-0.25, -0.2) is 0 Å². The maximum absolute atomic E-state index is 10.7. The molecule has 0 rings (SSSR count). The number of ether oxygens (including phenoxy) is 1. The van der Waals surface area contributed by atoms with Crippen LogP contribution in [0.3, 0.4) is 0 Å². The number of azide groups is 1. The minimum absolute atomic E-state index is 0.537. The van der Waals surface area contributed by atoms with Gasteiger partial charge in [-0.1, -0.05) is 11.0 Å². The Balaban J connectivity index is 0. The summed E-state index contributed by atoms with van der Waals surface area (Å²) >= 11 is 0. The summed E-state index contributed by atoms with van der Waals surface area (Å²) in [7, 11) is 1.25. The molecule has 0 saturated carbocycles. The smallest absolute Gasteiger partial charge is 0.317 e. The molecule has 0 spiro atoms. The highest BCUT2D eigenvalue weighted by Crippen LogP contribution is 2.10. The lowest BCUT2D eigenvalue weighted by atomic mass is 10.1. The van der Waals surface area contributed by atoms with Gasteiger partial charge in [0.2, 0.25) is 0 Å². The topological polar surface area (TPSA) is 75.1 Å². The van der Waals surface area contributed by atoms with Crippen LogP contribution in [0.5, 0.6) is 0 Å². The lowest BCUT2D eigenvalue weighted by Gasteiger charge is -2.12. The van der Waals surface area contributed by atoms with Gasteiger partial charge in [0.15, 0.2) is 0 Å². The maximum Gasteiger partial charge on any atom is 0.317 e. The monoisotopic (exact) mass is 231 g/mol. The number of hydrogen-bond donors (Lipinski definition) is 0. The largest absolute Gasteiger partial charge is 0.469 e. The molecule has 5 heteroatoms. The molecule has 0 aliphatic rings. The van der Waals surface area contributed by atoms with E-state index in [2.05, 4.69) is 44.4 Å². The number of rotatable bonds is 2. The van der Waals surface area contributed by atoms with Gasteiger partial charge in [0, 0.05) is 4.91 Å². The third-order valence-corrected chi connectivity index (χ3v) is 1.30. The van der Waals surface area contributed by atoms with E-state index in [0.717, 1.165) is 0 Å². The van der Waals surface area contributed by atoms with Gasteiger partial charge in [0.1, 0.15) is 5.54 Å². The molecule has 0 atom stereocenters. The van der Waals surface area contributed by atoms with Crippen LogP contribution in [0.25, 0.3) is 10.4 Å². The highest BCUT2D eigenvalue weighted by Gasteiger charge is 2.26. The fourth-order valence-corrected chi connectivity index (χ4v) is 0.532. The highest BCUT2D eigenvalue weighted by atomic mass is 16.5. The first kappa shape index (κ1) is 16.9. The minimum Gasteiger partial charge on any atom is -0.469 e. The molecule has 0 aliphatic carbocycles. The molecule has 5 nitrogen and oxygen atoms in total. The SMILES string of the molecule is C#CC#CC#CC.COC(=O)C(C)(C)N=[N+]=[N-]. The molecule has 88 valence electrons. The fourth-order valence-electron chi connectivity index (χ4n) is 0.532. The van der Waals surface area contributed by atoms with E-state index in [4.69, 9.17) is 12.0 Å². The summed E-state index contributed by atoms with van der Waals surface area (Å²) in [6.07, 6.45) is 4.78. The van der Waals surface area contributed by atoms with Crippen LogP contribution in [-0.2, 0) is 9.53 Å². The van der Waals surface area contributed by atoms with E-state index in [1.165, 1.54) is 21.0 Å². The van der Waals surface area contributed by atoms with E-state index < -0.39 is 11.5 Å². The van der Waals surface area contributed by atoms with Gasteiger partial charge in [0.25, 0.3) is 0 Å². The molecule has 0 aromatic heterocycles. The summed E-state index contributed by atoms with van der Waals surface area (Å²) in [5.74, 6) is 11.5. The first-order valence-electron chi connectivity index (χ1n) is 4.48. The van der Waals surface area contributed by atoms with Crippen molar-refractivity contribution in [3.63, 3.8) is 0 Å². The van der Waals surface area contributed by atoms with Crippen molar-refractivity contribution in [2.75, 3.05) is 7.11 Å². The van der Waals surface area contributed by atoms with E-state index in [1.807, 2.05) is 0 Å². The molecule has 0 heterocycles. The number of carbonyl (C=O) groups excluding carboxylic acids is 1. The molecule has 0 amide bonds. The summed E-state index contributed by atoms with van der Waals surface area (Å²) in [4.78, 5) is 13.2. The van der Waals surface area contributed by atoms with Crippen molar-refractivity contribution in [3.8, 4) is 36.0 Å². The minimum atomic E-state index is -1.09. The predicted molar refractivity (Wildman–Crippen MR) is 65.3 cm³/mol. The maximum atomic E-state index is 10.7. The van der Waals surface area contributed by atoms with Crippen LogP contribution >= 0.6 is 0 Å². The molecule has 0 fully saturated rings. The van der Waals surface area contributed by atoms with Crippen molar-refractivity contribution in [1.29, 1.82) is 0 Å². The van der Waals surface area contributed by atoms with Gasteiger partial charge >= 0.3 is 5.97 Å². The first-order chi connectivity index (χ1) is 7.96. The number of terminal acetylenes is 1. The second kappa shape index (κ2) is 9.99. The Morgan fingerprint density at radius 3 is 2.35 bits per heavy atom. The zero-order chi connectivity index (χ0) is 13.7. The normalized spacial score (nSPS) is 7.24. The van der Waals surface area contributed by atoms with E-state index >= 15 is 0 Å². The van der Waals surface area contributed by atoms with Gasteiger partial charge in [-0.3, -0.25) is 4.79 Å². The molecule has 0 bridgehead atoms. The Kier molecular flexibility index (Phi) is 9.92. The van der Waals surface area contributed by atoms with Crippen molar-refractivity contribution >= 4 is 5.97 Å². The standard InChI is InChI=1S/C7H4.C5H9N3O2/c1-3-5-7-6-4-2;1-5(2,7-8-6)4(9)10-3/h1H,2H3;1-3H3. The Bertz CT molecular complexity index is 458. The number of hydrogen-bond acceptors (Lipinski definition) is 3. The number of methoxy groups -OCH3 is 1. The molecule has 0 aromatic carbocycles. The molecule has 17 heavy (non-hydrogen) atoms. The van der Waals surface area contributed by atoms with Gasteiger partial charge in [-0.15, -0.1) is 6.42 Å². The van der Waals surface area contributed by atoms with Crippen LogP contribution in [0.1, 0.15) is 20.8 Å². The summed E-state index contributed by atoms with van der Waals surface area (Å²) in [5, 5.41) is 3.23. The number of carbonyl (C=O) groups is 1. The number of nitrogens with zero attached hydrogens (tertiary/aromatic N) is 3. The molecular formula is C12H13N3O2. The molecule has 0 saturated heterocycles. The van der Waals surface area contributed by atoms with Crippen LogP contribution in [-0.4, -0.2) is 18.6 Å². The Morgan fingerprint density at radius 2 is 2.00 bits per heavy atom. The molecule has 0 radical (unpaired) electrons. The summed E-state index contributed by atoms with van der Waals surface area (Å²) in [6.45, 7) is 4.68.